The third-order valence-electron chi connectivity index (χ3n) is 5.65. The second-order valence-electron chi connectivity index (χ2n) is 8.64. The molecule has 0 saturated carbocycles. The SMILES string of the molecule is CCCc1ccc(C(=N)OC(NC)C2=C(C)N(C)CC(c3ccc(SC(C)C)cc3)=N2)cc1. The van der Waals surface area contributed by atoms with Crippen LogP contribution >= 0.6 is 11.8 Å². The lowest BCUT2D eigenvalue weighted by molar-refractivity contribution is 0.188. The number of allylic oxidation sites excluding steroid dienone is 1. The van der Waals surface area contributed by atoms with Gasteiger partial charge in [0.25, 0.3) is 0 Å². The molecule has 0 spiro atoms. The third-order valence-corrected chi connectivity index (χ3v) is 6.66. The van der Waals surface area contributed by atoms with Crippen molar-refractivity contribution in [3.05, 3.63) is 76.6 Å². The van der Waals surface area contributed by atoms with Crippen LogP contribution in [0.1, 0.15) is 50.8 Å². The number of hydrogen-bond donors (Lipinski definition) is 2. The maximum absolute atomic E-state index is 8.52. The van der Waals surface area contributed by atoms with Gasteiger partial charge in [0.05, 0.1) is 12.3 Å². The zero-order valence-electron chi connectivity index (χ0n) is 20.6. The summed E-state index contributed by atoms with van der Waals surface area (Å²) in [7, 11) is 3.90. The van der Waals surface area contributed by atoms with Crippen LogP contribution in [-0.4, -0.2) is 48.6 Å². The normalized spacial score (nSPS) is 15.0. The van der Waals surface area contributed by atoms with Crippen molar-refractivity contribution in [1.29, 1.82) is 5.41 Å². The van der Waals surface area contributed by atoms with Crippen LogP contribution in [0.5, 0.6) is 0 Å². The van der Waals surface area contributed by atoms with E-state index in [4.69, 9.17) is 15.1 Å². The molecule has 1 aliphatic rings. The van der Waals surface area contributed by atoms with Crippen molar-refractivity contribution in [2.75, 3.05) is 20.6 Å². The average Bonchev–Trinajstić information content (AvgIpc) is 2.80. The van der Waals surface area contributed by atoms with Gasteiger partial charge in [-0.2, -0.15) is 0 Å². The van der Waals surface area contributed by atoms with Crippen molar-refractivity contribution in [2.24, 2.45) is 4.99 Å². The van der Waals surface area contributed by atoms with E-state index >= 15 is 0 Å². The third kappa shape index (κ3) is 6.49. The Kier molecular flexibility index (Phi) is 8.75. The molecule has 1 unspecified atom stereocenters. The van der Waals surface area contributed by atoms with Gasteiger partial charge in [-0.15, -0.1) is 11.8 Å². The minimum absolute atomic E-state index is 0.137. The number of hydrogen-bond acceptors (Lipinski definition) is 6. The van der Waals surface area contributed by atoms with Gasteiger partial charge < -0.3 is 9.64 Å². The first-order chi connectivity index (χ1) is 15.8. The van der Waals surface area contributed by atoms with Crippen LogP contribution in [0.3, 0.4) is 0 Å². The van der Waals surface area contributed by atoms with Crippen molar-refractivity contribution >= 4 is 23.4 Å². The summed E-state index contributed by atoms with van der Waals surface area (Å²) in [5, 5.41) is 12.3. The highest BCUT2D eigenvalue weighted by Gasteiger charge is 2.25. The summed E-state index contributed by atoms with van der Waals surface area (Å²) in [5.74, 6) is 0.137. The zero-order chi connectivity index (χ0) is 24.0. The van der Waals surface area contributed by atoms with E-state index in [9.17, 15) is 0 Å². The Hall–Kier alpha value is -2.57. The Bertz CT molecular complexity index is 1010. The van der Waals surface area contributed by atoms with Gasteiger partial charge in [0.15, 0.2) is 6.23 Å². The Morgan fingerprint density at radius 2 is 1.82 bits per heavy atom. The van der Waals surface area contributed by atoms with Gasteiger partial charge in [0.1, 0.15) is 5.70 Å². The lowest BCUT2D eigenvalue weighted by Gasteiger charge is -2.31. The maximum Gasteiger partial charge on any atom is 0.215 e. The molecule has 1 heterocycles. The molecular formula is C27H36N4OS. The van der Waals surface area contributed by atoms with Gasteiger partial charge in [-0.1, -0.05) is 51.5 Å². The molecule has 0 radical (unpaired) electrons. The number of nitrogens with zero attached hydrogens (tertiary/aromatic N) is 2. The molecule has 33 heavy (non-hydrogen) atoms. The van der Waals surface area contributed by atoms with E-state index in [0.29, 0.717) is 5.25 Å². The minimum Gasteiger partial charge on any atom is -0.452 e. The summed E-state index contributed by atoms with van der Waals surface area (Å²) in [5.41, 5.74) is 5.99. The number of aliphatic imine (C=N–C) groups is 1. The van der Waals surface area contributed by atoms with Crippen LogP contribution in [0, 0.1) is 5.41 Å². The van der Waals surface area contributed by atoms with Crippen molar-refractivity contribution in [2.45, 2.75) is 56.9 Å². The Morgan fingerprint density at radius 3 is 2.39 bits per heavy atom. The smallest absolute Gasteiger partial charge is 0.215 e. The predicted octanol–water partition coefficient (Wildman–Crippen LogP) is 5.69. The van der Waals surface area contributed by atoms with Crippen LogP contribution in [0.2, 0.25) is 0 Å². The van der Waals surface area contributed by atoms with Crippen LogP contribution in [0.25, 0.3) is 0 Å². The van der Waals surface area contributed by atoms with Crippen molar-refractivity contribution in [1.82, 2.24) is 10.2 Å². The first-order valence-electron chi connectivity index (χ1n) is 11.6. The highest BCUT2D eigenvalue weighted by atomic mass is 32.2. The maximum atomic E-state index is 8.52. The number of nitrogens with one attached hydrogen (secondary N) is 2. The Labute approximate surface area is 202 Å². The van der Waals surface area contributed by atoms with E-state index in [1.807, 2.05) is 30.9 Å². The number of ether oxygens (including phenoxy) is 1. The first-order valence-corrected chi connectivity index (χ1v) is 12.5. The van der Waals surface area contributed by atoms with E-state index in [1.165, 1.54) is 10.5 Å². The molecular weight excluding hydrogens is 428 g/mol. The molecule has 6 heteroatoms. The topological polar surface area (TPSA) is 60.7 Å². The predicted molar refractivity (Wildman–Crippen MR) is 141 cm³/mol. The lowest BCUT2D eigenvalue weighted by atomic mass is 10.1. The Balaban J connectivity index is 1.81. The summed E-state index contributed by atoms with van der Waals surface area (Å²) in [6.45, 7) is 9.36. The lowest BCUT2D eigenvalue weighted by Crippen LogP contribution is -2.38. The van der Waals surface area contributed by atoms with E-state index in [1.54, 1.807) is 0 Å². The summed E-state index contributed by atoms with van der Waals surface area (Å²) in [6, 6.07) is 16.7. The summed E-state index contributed by atoms with van der Waals surface area (Å²) >= 11 is 1.86. The van der Waals surface area contributed by atoms with Crippen molar-refractivity contribution in [3.8, 4) is 0 Å². The number of thioether (sulfide) groups is 1. The fourth-order valence-corrected chi connectivity index (χ4v) is 4.59. The molecule has 5 nitrogen and oxygen atoms in total. The molecule has 0 bridgehead atoms. The first kappa shape index (κ1) is 25.1. The molecule has 2 aromatic rings. The summed E-state index contributed by atoms with van der Waals surface area (Å²) in [6.07, 6.45) is 1.64. The second-order valence-corrected chi connectivity index (χ2v) is 10.3. The molecule has 3 rings (SSSR count). The van der Waals surface area contributed by atoms with E-state index < -0.39 is 6.23 Å². The highest BCUT2D eigenvalue weighted by Crippen LogP contribution is 2.26. The molecule has 2 aromatic carbocycles. The molecule has 0 saturated heterocycles. The highest BCUT2D eigenvalue weighted by molar-refractivity contribution is 7.99. The largest absolute Gasteiger partial charge is 0.452 e. The molecule has 0 amide bonds. The van der Waals surface area contributed by atoms with Gasteiger partial charge in [-0.3, -0.25) is 10.7 Å². The van der Waals surface area contributed by atoms with Crippen molar-refractivity contribution in [3.63, 3.8) is 0 Å². The Morgan fingerprint density at radius 1 is 1.15 bits per heavy atom. The molecule has 0 aromatic heterocycles. The van der Waals surface area contributed by atoms with E-state index in [2.05, 4.69) is 81.4 Å². The van der Waals surface area contributed by atoms with Gasteiger partial charge >= 0.3 is 0 Å². The molecule has 0 fully saturated rings. The number of likely N-dealkylation sites (N-methyl/N-ethyl adjacent to an activating group) is 2. The van der Waals surface area contributed by atoms with Crippen LogP contribution in [0.15, 0.2) is 69.8 Å². The molecule has 176 valence electrons. The quantitative estimate of drug-likeness (QED) is 0.216. The molecule has 1 aliphatic heterocycles. The fraction of sp³-hybridized carbons (Fsp3) is 0.407. The van der Waals surface area contributed by atoms with Gasteiger partial charge in [-0.05, 0) is 55.8 Å². The molecule has 0 aliphatic carbocycles. The fourth-order valence-electron chi connectivity index (χ4n) is 3.75. The molecule has 1 atom stereocenters. The second kappa shape index (κ2) is 11.5. The monoisotopic (exact) mass is 464 g/mol. The summed E-state index contributed by atoms with van der Waals surface area (Å²) in [4.78, 5) is 8.44. The van der Waals surface area contributed by atoms with E-state index in [0.717, 1.165) is 47.6 Å². The van der Waals surface area contributed by atoms with Crippen LogP contribution in [0.4, 0.5) is 0 Å². The van der Waals surface area contributed by atoms with Crippen LogP contribution in [-0.2, 0) is 11.2 Å². The number of benzene rings is 2. The van der Waals surface area contributed by atoms with E-state index in [-0.39, 0.29) is 5.90 Å². The summed E-state index contributed by atoms with van der Waals surface area (Å²) < 4.78 is 6.07. The number of rotatable bonds is 9. The van der Waals surface area contributed by atoms with Crippen molar-refractivity contribution < 1.29 is 4.74 Å². The molecule has 2 N–H and O–H groups in total. The van der Waals surface area contributed by atoms with Crippen LogP contribution < -0.4 is 5.32 Å². The zero-order valence-corrected chi connectivity index (χ0v) is 21.4. The minimum atomic E-state index is -0.513. The standard InChI is InChI=1S/C27H36N4OS/c1-7-8-20-9-11-22(12-10-20)26(28)32-27(29-5)25-19(4)31(6)17-24(30-25)21-13-15-23(16-14-21)33-18(2)3/h9-16,18,27-29H,7-8,17H2,1-6H3. The van der Waals surface area contributed by atoms with Gasteiger partial charge in [-0.25, -0.2) is 4.99 Å². The van der Waals surface area contributed by atoms with Gasteiger partial charge in [0.2, 0.25) is 5.90 Å². The van der Waals surface area contributed by atoms with Gasteiger partial charge in [0, 0.05) is 28.5 Å². The average molecular weight is 465 g/mol. The number of aryl methyl sites for hydroxylation is 1.